The smallest absolute Gasteiger partial charge is 0.338 e. The Kier molecular flexibility index (Phi) is 6.56. The third-order valence-electron chi connectivity index (χ3n) is 4.27. The number of carbonyl (C=O) groups excluding carboxylic acids is 3. The van der Waals surface area contributed by atoms with Gasteiger partial charge in [-0.1, -0.05) is 36.4 Å². The molecule has 0 aliphatic heterocycles. The van der Waals surface area contributed by atoms with Crippen molar-refractivity contribution in [1.29, 1.82) is 0 Å². The van der Waals surface area contributed by atoms with Crippen molar-refractivity contribution in [3.05, 3.63) is 81.9 Å². The van der Waals surface area contributed by atoms with Crippen molar-refractivity contribution in [1.82, 2.24) is 0 Å². The molecule has 31 heavy (non-hydrogen) atoms. The minimum Gasteiger partial charge on any atom is -0.462 e. The van der Waals surface area contributed by atoms with Crippen LogP contribution in [0.3, 0.4) is 0 Å². The normalized spacial score (nSPS) is 10.4. The lowest BCUT2D eigenvalue weighted by molar-refractivity contribution is -0.384. The van der Waals surface area contributed by atoms with E-state index in [1.165, 1.54) is 0 Å². The van der Waals surface area contributed by atoms with Crippen LogP contribution >= 0.6 is 0 Å². The van der Waals surface area contributed by atoms with Gasteiger partial charge in [0.2, 0.25) is 0 Å². The highest BCUT2D eigenvalue weighted by Crippen LogP contribution is 2.23. The molecule has 0 fully saturated rings. The van der Waals surface area contributed by atoms with Gasteiger partial charge in [0.1, 0.15) is 0 Å². The number of ether oxygens (including phenoxy) is 2. The summed E-state index contributed by atoms with van der Waals surface area (Å²) >= 11 is 0. The summed E-state index contributed by atoms with van der Waals surface area (Å²) in [5, 5.41) is 15.5. The van der Waals surface area contributed by atoms with Gasteiger partial charge in [-0.05, 0) is 24.4 Å². The van der Waals surface area contributed by atoms with Gasteiger partial charge in [-0.15, -0.1) is 0 Å². The molecule has 0 spiro atoms. The first-order valence-corrected chi connectivity index (χ1v) is 9.30. The van der Waals surface area contributed by atoms with Gasteiger partial charge in [-0.2, -0.15) is 0 Å². The Morgan fingerprint density at radius 1 is 0.935 bits per heavy atom. The molecule has 0 saturated carbocycles. The van der Waals surface area contributed by atoms with Crippen LogP contribution in [0.2, 0.25) is 0 Å². The summed E-state index contributed by atoms with van der Waals surface area (Å²) in [6.45, 7) is 1.04. The lowest BCUT2D eigenvalue weighted by atomic mass is 10.1. The second-order valence-corrected chi connectivity index (χ2v) is 6.40. The van der Waals surface area contributed by atoms with Crippen LogP contribution in [0.25, 0.3) is 10.8 Å². The van der Waals surface area contributed by atoms with E-state index >= 15 is 0 Å². The quantitative estimate of drug-likeness (QED) is 0.349. The van der Waals surface area contributed by atoms with E-state index in [9.17, 15) is 24.5 Å². The fourth-order valence-electron chi connectivity index (χ4n) is 2.90. The zero-order valence-electron chi connectivity index (χ0n) is 16.5. The summed E-state index contributed by atoms with van der Waals surface area (Å²) in [6.07, 6.45) is 0. The molecule has 0 heterocycles. The molecule has 3 rings (SSSR count). The average molecular weight is 422 g/mol. The van der Waals surface area contributed by atoms with Crippen molar-refractivity contribution in [2.24, 2.45) is 0 Å². The first-order chi connectivity index (χ1) is 14.9. The molecule has 0 saturated heterocycles. The fourth-order valence-corrected chi connectivity index (χ4v) is 2.90. The number of esters is 2. The summed E-state index contributed by atoms with van der Waals surface area (Å²) in [7, 11) is 0. The molecule has 9 heteroatoms. The maximum absolute atomic E-state index is 12.3. The third-order valence-corrected chi connectivity index (χ3v) is 4.27. The molecule has 0 radical (unpaired) electrons. The van der Waals surface area contributed by atoms with Crippen molar-refractivity contribution in [3.8, 4) is 0 Å². The molecule has 0 unspecified atom stereocenters. The van der Waals surface area contributed by atoms with E-state index in [1.54, 1.807) is 19.1 Å². The van der Waals surface area contributed by atoms with E-state index in [-0.39, 0.29) is 17.7 Å². The van der Waals surface area contributed by atoms with E-state index in [0.29, 0.717) is 5.69 Å². The molecule has 0 aliphatic rings. The number of non-ortho nitro benzene ring substituents is 1. The van der Waals surface area contributed by atoms with Crippen LogP contribution in [0.1, 0.15) is 27.6 Å². The van der Waals surface area contributed by atoms with E-state index in [4.69, 9.17) is 9.47 Å². The van der Waals surface area contributed by atoms with E-state index < -0.39 is 35.1 Å². The number of nitro benzene ring substituents is 1. The molecule has 3 aromatic carbocycles. The maximum atomic E-state index is 12.3. The summed E-state index contributed by atoms with van der Waals surface area (Å²) in [5.74, 6) is -2.38. The van der Waals surface area contributed by atoms with Gasteiger partial charge < -0.3 is 14.8 Å². The zero-order chi connectivity index (χ0) is 22.4. The maximum Gasteiger partial charge on any atom is 0.338 e. The second kappa shape index (κ2) is 9.49. The molecule has 0 atom stereocenters. The first-order valence-electron chi connectivity index (χ1n) is 9.30. The standard InChI is InChI=1S/C22H18N2O7/c1-2-30-21(26)15-10-16(12-17(11-15)24(28)29)22(27)31-13-20(25)23-19-9-5-7-14-6-3-4-8-18(14)19/h3-12H,2,13H2,1H3,(H,23,25). The molecule has 158 valence electrons. The van der Waals surface area contributed by atoms with Crippen molar-refractivity contribution < 1.29 is 28.8 Å². The number of hydrogen-bond donors (Lipinski definition) is 1. The second-order valence-electron chi connectivity index (χ2n) is 6.40. The number of nitrogens with zero attached hydrogens (tertiary/aromatic N) is 1. The number of carbonyl (C=O) groups is 3. The van der Waals surface area contributed by atoms with E-state index in [0.717, 1.165) is 29.0 Å². The van der Waals surface area contributed by atoms with Crippen LogP contribution in [0.5, 0.6) is 0 Å². The van der Waals surface area contributed by atoms with Crippen LogP contribution in [0.4, 0.5) is 11.4 Å². The highest BCUT2D eigenvalue weighted by atomic mass is 16.6. The van der Waals surface area contributed by atoms with Crippen LogP contribution in [0.15, 0.2) is 60.7 Å². The Balaban J connectivity index is 1.71. The van der Waals surface area contributed by atoms with Crippen LogP contribution in [-0.2, 0) is 14.3 Å². The SMILES string of the molecule is CCOC(=O)c1cc(C(=O)OCC(=O)Nc2cccc3ccccc23)cc([N+](=O)[O-])c1. The van der Waals surface area contributed by atoms with Crippen molar-refractivity contribution in [3.63, 3.8) is 0 Å². The molecular formula is C22H18N2O7. The van der Waals surface area contributed by atoms with Gasteiger partial charge in [0.25, 0.3) is 11.6 Å². The van der Waals surface area contributed by atoms with Crippen molar-refractivity contribution in [2.75, 3.05) is 18.5 Å². The summed E-state index contributed by atoms with van der Waals surface area (Å²) < 4.78 is 9.80. The molecular weight excluding hydrogens is 404 g/mol. The number of nitrogens with one attached hydrogen (secondary N) is 1. The van der Waals surface area contributed by atoms with Gasteiger partial charge in [-0.25, -0.2) is 9.59 Å². The lowest BCUT2D eigenvalue weighted by Gasteiger charge is -2.10. The number of amides is 1. The van der Waals surface area contributed by atoms with Gasteiger partial charge in [-0.3, -0.25) is 14.9 Å². The Labute approximate surface area is 176 Å². The van der Waals surface area contributed by atoms with Gasteiger partial charge >= 0.3 is 11.9 Å². The summed E-state index contributed by atoms with van der Waals surface area (Å²) in [4.78, 5) is 46.9. The van der Waals surface area contributed by atoms with E-state index in [1.807, 2.05) is 30.3 Å². The predicted octanol–water partition coefficient (Wildman–Crippen LogP) is 3.72. The third kappa shape index (κ3) is 5.21. The summed E-state index contributed by atoms with van der Waals surface area (Å²) in [5.41, 5.74) is -0.324. The lowest BCUT2D eigenvalue weighted by Crippen LogP contribution is -2.21. The topological polar surface area (TPSA) is 125 Å². The number of rotatable bonds is 7. The molecule has 1 N–H and O–H groups in total. The Hall–Kier alpha value is -4.27. The minimum atomic E-state index is -0.984. The molecule has 9 nitrogen and oxygen atoms in total. The Bertz CT molecular complexity index is 1170. The molecule has 3 aromatic rings. The zero-order valence-corrected chi connectivity index (χ0v) is 16.5. The molecule has 0 aromatic heterocycles. The number of hydrogen-bond acceptors (Lipinski definition) is 7. The molecule has 0 bridgehead atoms. The molecule has 1 amide bonds. The Morgan fingerprint density at radius 3 is 2.26 bits per heavy atom. The number of nitro groups is 1. The minimum absolute atomic E-state index is 0.0651. The average Bonchev–Trinajstić information content (AvgIpc) is 2.77. The monoisotopic (exact) mass is 422 g/mol. The molecule has 0 aliphatic carbocycles. The van der Waals surface area contributed by atoms with Crippen molar-refractivity contribution >= 4 is 40.0 Å². The van der Waals surface area contributed by atoms with Gasteiger partial charge in [0.15, 0.2) is 6.61 Å². The number of benzene rings is 3. The fraction of sp³-hybridized carbons (Fsp3) is 0.136. The van der Waals surface area contributed by atoms with Crippen LogP contribution in [0, 0.1) is 10.1 Å². The highest BCUT2D eigenvalue weighted by Gasteiger charge is 2.20. The predicted molar refractivity (Wildman–Crippen MR) is 112 cm³/mol. The first kappa shape index (κ1) is 21.4. The highest BCUT2D eigenvalue weighted by molar-refractivity contribution is 6.03. The summed E-state index contributed by atoms with van der Waals surface area (Å²) in [6, 6.07) is 15.9. The van der Waals surface area contributed by atoms with Crippen molar-refractivity contribution in [2.45, 2.75) is 6.92 Å². The van der Waals surface area contributed by atoms with Gasteiger partial charge in [0.05, 0.1) is 22.7 Å². The number of fused-ring (bicyclic) bond motifs is 1. The van der Waals surface area contributed by atoms with Gasteiger partial charge in [0, 0.05) is 23.2 Å². The Morgan fingerprint density at radius 2 is 1.58 bits per heavy atom. The van der Waals surface area contributed by atoms with Crippen LogP contribution in [-0.4, -0.2) is 36.0 Å². The largest absolute Gasteiger partial charge is 0.462 e. The van der Waals surface area contributed by atoms with E-state index in [2.05, 4.69) is 5.32 Å². The van der Waals surface area contributed by atoms with Crippen LogP contribution < -0.4 is 5.32 Å². The number of anilines is 1.